The van der Waals surface area contributed by atoms with E-state index in [1.165, 1.54) is 11.3 Å². The monoisotopic (exact) mass is 332 g/mol. The number of aliphatic hydroxyl groups is 1. The van der Waals surface area contributed by atoms with Gasteiger partial charge in [-0.1, -0.05) is 7.43 Å². The first-order valence-electron chi connectivity index (χ1n) is 5.28. The van der Waals surface area contributed by atoms with Crippen LogP contribution in [0.2, 0.25) is 0 Å². The van der Waals surface area contributed by atoms with E-state index in [0.29, 0.717) is 10.8 Å². The smallest absolute Gasteiger partial charge is 0.333 e. The first-order valence-corrected chi connectivity index (χ1v) is 7.88. The van der Waals surface area contributed by atoms with E-state index in [-0.39, 0.29) is 39.2 Å². The third-order valence-corrected chi connectivity index (χ3v) is 4.72. The maximum atomic E-state index is 12.1. The lowest BCUT2D eigenvalue weighted by atomic mass is 10.3. The van der Waals surface area contributed by atoms with E-state index in [1.807, 2.05) is 0 Å². The summed E-state index contributed by atoms with van der Waals surface area (Å²) in [6.07, 6.45) is -1.11. The molecule has 0 aliphatic rings. The number of aromatic nitrogens is 1. The van der Waals surface area contributed by atoms with Gasteiger partial charge < -0.3 is 19.9 Å². The SMILES string of the molecule is C.CCOP(=O)(CC(O)c1csc(N)n1)OCC.Cl. The summed E-state index contributed by atoms with van der Waals surface area (Å²) in [5.74, 6) is 0. The Kier molecular flexibility index (Phi) is 10.8. The van der Waals surface area contributed by atoms with Crippen molar-refractivity contribution in [3.63, 3.8) is 0 Å². The zero-order valence-electron chi connectivity index (χ0n) is 10.2. The number of nitrogens with zero attached hydrogens (tertiary/aromatic N) is 1. The van der Waals surface area contributed by atoms with Crippen LogP contribution in [0.3, 0.4) is 0 Å². The second-order valence-electron chi connectivity index (χ2n) is 3.26. The van der Waals surface area contributed by atoms with Gasteiger partial charge in [0.2, 0.25) is 0 Å². The lowest BCUT2D eigenvalue weighted by Gasteiger charge is -2.19. The summed E-state index contributed by atoms with van der Waals surface area (Å²) in [5.41, 5.74) is 5.86. The van der Waals surface area contributed by atoms with Gasteiger partial charge in [-0.15, -0.1) is 23.7 Å². The fourth-order valence-corrected chi connectivity index (χ4v) is 3.59. The average Bonchev–Trinajstić information content (AvgIpc) is 2.65. The lowest BCUT2D eigenvalue weighted by molar-refractivity contribution is 0.168. The molecule has 1 aromatic rings. The Labute approximate surface area is 124 Å². The van der Waals surface area contributed by atoms with Gasteiger partial charge >= 0.3 is 7.60 Å². The number of hydrogen-bond acceptors (Lipinski definition) is 7. The molecular formula is C10H22ClN2O4PS. The molecule has 0 amide bonds. The number of nitrogens with two attached hydrogens (primary N) is 1. The number of nitrogen functional groups attached to an aromatic ring is 1. The normalized spacial score (nSPS) is 12.4. The van der Waals surface area contributed by atoms with Crippen molar-refractivity contribution in [1.29, 1.82) is 0 Å². The highest BCUT2D eigenvalue weighted by Crippen LogP contribution is 2.50. The van der Waals surface area contributed by atoms with Crippen LogP contribution in [0.4, 0.5) is 5.13 Å². The Hall–Kier alpha value is -0.170. The topological polar surface area (TPSA) is 94.7 Å². The van der Waals surface area contributed by atoms with Crippen molar-refractivity contribution < 1.29 is 18.7 Å². The molecule has 0 spiro atoms. The van der Waals surface area contributed by atoms with E-state index in [4.69, 9.17) is 14.8 Å². The molecule has 3 N–H and O–H groups in total. The summed E-state index contributed by atoms with van der Waals surface area (Å²) >= 11 is 1.22. The highest BCUT2D eigenvalue weighted by Gasteiger charge is 2.29. The Morgan fingerprint density at radius 3 is 2.37 bits per heavy atom. The standard InChI is InChI=1S/C9H17N2O4PS.CH4.ClH/c1-3-14-16(13,15-4-2)5-8(12)7-6-17-9(10)11-7;;/h6,8,12H,3-5H2,1-2H3,(H2,10,11);1H4;1H. The molecule has 1 heterocycles. The lowest BCUT2D eigenvalue weighted by Crippen LogP contribution is -2.09. The summed E-state index contributed by atoms with van der Waals surface area (Å²) in [6.45, 7) is 3.98. The third-order valence-electron chi connectivity index (χ3n) is 1.93. The predicted octanol–water partition coefficient (Wildman–Crippen LogP) is 3.08. The van der Waals surface area contributed by atoms with E-state index in [9.17, 15) is 9.67 Å². The zero-order valence-corrected chi connectivity index (χ0v) is 12.8. The summed E-state index contributed by atoms with van der Waals surface area (Å²) in [6, 6.07) is 0. The molecule has 0 radical (unpaired) electrons. The fraction of sp³-hybridized carbons (Fsp3) is 0.700. The van der Waals surface area contributed by atoms with Crippen LogP contribution in [0.5, 0.6) is 0 Å². The summed E-state index contributed by atoms with van der Waals surface area (Å²) in [5, 5.41) is 11.9. The Balaban J connectivity index is 0. The van der Waals surface area contributed by atoms with Crippen LogP contribution in [-0.4, -0.2) is 29.5 Å². The highest BCUT2D eigenvalue weighted by atomic mass is 35.5. The molecule has 0 aromatic carbocycles. The summed E-state index contributed by atoms with van der Waals surface area (Å²) in [4.78, 5) is 3.93. The van der Waals surface area contributed by atoms with Crippen LogP contribution < -0.4 is 5.73 Å². The zero-order chi connectivity index (χ0) is 12.9. The molecule has 114 valence electrons. The highest BCUT2D eigenvalue weighted by molar-refractivity contribution is 7.53. The van der Waals surface area contributed by atoms with Gasteiger partial charge in [0.05, 0.1) is 25.1 Å². The molecule has 0 aliphatic carbocycles. The Morgan fingerprint density at radius 2 is 2.00 bits per heavy atom. The van der Waals surface area contributed by atoms with Crippen LogP contribution in [0.1, 0.15) is 33.1 Å². The fourth-order valence-electron chi connectivity index (χ4n) is 1.30. The molecule has 19 heavy (non-hydrogen) atoms. The summed E-state index contributed by atoms with van der Waals surface area (Å²) in [7, 11) is -3.26. The number of rotatable bonds is 7. The molecule has 1 atom stereocenters. The quantitative estimate of drug-likeness (QED) is 0.745. The van der Waals surface area contributed by atoms with Gasteiger partial charge in [0.25, 0.3) is 0 Å². The number of anilines is 1. The number of halogens is 1. The second kappa shape index (κ2) is 9.69. The van der Waals surface area contributed by atoms with Crippen LogP contribution in [0, 0.1) is 0 Å². The minimum Gasteiger partial charge on any atom is -0.386 e. The van der Waals surface area contributed by atoms with E-state index in [1.54, 1.807) is 19.2 Å². The van der Waals surface area contributed by atoms with Gasteiger partial charge in [-0.25, -0.2) is 4.98 Å². The maximum absolute atomic E-state index is 12.1. The predicted molar refractivity (Wildman–Crippen MR) is 81.2 cm³/mol. The number of aliphatic hydroxyl groups excluding tert-OH is 1. The van der Waals surface area contributed by atoms with Crippen molar-refractivity contribution in [2.24, 2.45) is 0 Å². The molecule has 0 saturated carbocycles. The van der Waals surface area contributed by atoms with Crippen LogP contribution in [0.25, 0.3) is 0 Å². The van der Waals surface area contributed by atoms with Crippen molar-refractivity contribution in [3.8, 4) is 0 Å². The van der Waals surface area contributed by atoms with Crippen molar-refractivity contribution in [2.45, 2.75) is 27.4 Å². The van der Waals surface area contributed by atoms with Gasteiger partial charge in [0.15, 0.2) is 5.13 Å². The van der Waals surface area contributed by atoms with Crippen LogP contribution in [0.15, 0.2) is 5.38 Å². The molecule has 9 heteroatoms. The number of hydrogen-bond donors (Lipinski definition) is 2. The molecular weight excluding hydrogens is 311 g/mol. The van der Waals surface area contributed by atoms with Crippen molar-refractivity contribution in [3.05, 3.63) is 11.1 Å². The second-order valence-corrected chi connectivity index (χ2v) is 6.25. The molecule has 0 bridgehead atoms. The van der Waals surface area contributed by atoms with E-state index in [0.717, 1.165) is 0 Å². The maximum Gasteiger partial charge on any atom is 0.333 e. The first-order chi connectivity index (χ1) is 8.00. The molecule has 0 fully saturated rings. The Bertz CT molecular complexity index is 395. The molecule has 1 aromatic heterocycles. The van der Waals surface area contributed by atoms with Crippen LogP contribution in [-0.2, 0) is 13.6 Å². The third kappa shape index (κ3) is 6.70. The molecule has 1 unspecified atom stereocenters. The van der Waals surface area contributed by atoms with Gasteiger partial charge in [-0.05, 0) is 13.8 Å². The van der Waals surface area contributed by atoms with Crippen molar-refractivity contribution in [1.82, 2.24) is 4.98 Å². The van der Waals surface area contributed by atoms with Crippen molar-refractivity contribution >= 4 is 36.5 Å². The largest absolute Gasteiger partial charge is 0.386 e. The molecule has 0 aliphatic heterocycles. The van der Waals surface area contributed by atoms with E-state index < -0.39 is 13.7 Å². The van der Waals surface area contributed by atoms with Gasteiger partial charge in [0, 0.05) is 5.38 Å². The Morgan fingerprint density at radius 1 is 1.47 bits per heavy atom. The number of thiazole rings is 1. The van der Waals surface area contributed by atoms with Crippen molar-refractivity contribution in [2.75, 3.05) is 25.1 Å². The summed E-state index contributed by atoms with van der Waals surface area (Å²) < 4.78 is 22.3. The molecule has 0 saturated heterocycles. The van der Waals surface area contributed by atoms with E-state index in [2.05, 4.69) is 4.98 Å². The van der Waals surface area contributed by atoms with Crippen LogP contribution >= 0.6 is 31.3 Å². The van der Waals surface area contributed by atoms with Gasteiger partial charge in [-0.3, -0.25) is 4.57 Å². The van der Waals surface area contributed by atoms with Gasteiger partial charge in [0.1, 0.15) is 6.10 Å². The molecule has 1 rings (SSSR count). The minimum absolute atomic E-state index is 0. The first kappa shape index (κ1) is 21.1. The van der Waals surface area contributed by atoms with Gasteiger partial charge in [-0.2, -0.15) is 0 Å². The average molecular weight is 333 g/mol. The minimum atomic E-state index is -3.26. The van der Waals surface area contributed by atoms with E-state index >= 15 is 0 Å². The molecule has 6 nitrogen and oxygen atoms in total.